The van der Waals surface area contributed by atoms with Crippen molar-refractivity contribution < 1.29 is 14.3 Å². The molecule has 7 heteroatoms. The number of esters is 1. The van der Waals surface area contributed by atoms with Gasteiger partial charge < -0.3 is 14.5 Å². The number of nitrogens with one attached hydrogen (secondary N) is 1. The summed E-state index contributed by atoms with van der Waals surface area (Å²) in [6.45, 7) is 4.73. The standard InChI is InChI=1S/C11H15N3O4/c1-2-14-3-4-17-9(6-14)18-11(16)8-5-12-7-13-10(8)15/h5,7,9H,2-4,6H2,1H3,(H,12,13,15). The average Bonchev–Trinajstić information content (AvgIpc) is 2.39. The zero-order chi connectivity index (χ0) is 13.0. The number of carbonyl (C=O) groups is 1. The van der Waals surface area contributed by atoms with Gasteiger partial charge in [0, 0.05) is 12.7 Å². The molecule has 1 aliphatic rings. The van der Waals surface area contributed by atoms with Crippen LogP contribution >= 0.6 is 0 Å². The van der Waals surface area contributed by atoms with E-state index in [2.05, 4.69) is 14.9 Å². The summed E-state index contributed by atoms with van der Waals surface area (Å²) in [5.74, 6) is -0.715. The maximum Gasteiger partial charge on any atom is 0.347 e. The topological polar surface area (TPSA) is 84.5 Å². The van der Waals surface area contributed by atoms with Crippen molar-refractivity contribution in [2.24, 2.45) is 0 Å². The van der Waals surface area contributed by atoms with Crippen LogP contribution in [-0.4, -0.2) is 53.4 Å². The van der Waals surface area contributed by atoms with Gasteiger partial charge in [0.2, 0.25) is 6.29 Å². The number of hydrogen-bond donors (Lipinski definition) is 1. The van der Waals surface area contributed by atoms with Crippen molar-refractivity contribution >= 4 is 5.97 Å². The maximum atomic E-state index is 11.7. The van der Waals surface area contributed by atoms with Crippen molar-refractivity contribution in [3.05, 3.63) is 28.4 Å². The highest BCUT2D eigenvalue weighted by atomic mass is 16.7. The monoisotopic (exact) mass is 253 g/mol. The van der Waals surface area contributed by atoms with Gasteiger partial charge in [-0.05, 0) is 6.54 Å². The summed E-state index contributed by atoms with van der Waals surface area (Å²) in [5, 5.41) is 0. The highest BCUT2D eigenvalue weighted by molar-refractivity contribution is 5.88. The van der Waals surface area contributed by atoms with Crippen molar-refractivity contribution in [2.75, 3.05) is 26.2 Å². The summed E-state index contributed by atoms with van der Waals surface area (Å²) < 4.78 is 10.5. The Bertz CT molecular complexity index is 473. The number of likely N-dealkylation sites (N-methyl/N-ethyl adjacent to an activating group) is 1. The van der Waals surface area contributed by atoms with Crippen LogP contribution < -0.4 is 5.56 Å². The smallest absolute Gasteiger partial charge is 0.347 e. The lowest BCUT2D eigenvalue weighted by molar-refractivity contribution is -0.150. The van der Waals surface area contributed by atoms with Crippen molar-refractivity contribution in [3.8, 4) is 0 Å². The Labute approximate surface area is 104 Å². The molecule has 1 saturated heterocycles. The predicted molar refractivity (Wildman–Crippen MR) is 62.1 cm³/mol. The molecule has 0 radical (unpaired) electrons. The number of aromatic amines is 1. The molecule has 7 nitrogen and oxygen atoms in total. The molecule has 18 heavy (non-hydrogen) atoms. The minimum Gasteiger partial charge on any atom is -0.431 e. The molecule has 0 spiro atoms. The van der Waals surface area contributed by atoms with Crippen LogP contribution in [0.4, 0.5) is 0 Å². The van der Waals surface area contributed by atoms with Gasteiger partial charge in [0.25, 0.3) is 5.56 Å². The zero-order valence-corrected chi connectivity index (χ0v) is 10.1. The molecule has 1 atom stereocenters. The second kappa shape index (κ2) is 5.74. The van der Waals surface area contributed by atoms with Gasteiger partial charge >= 0.3 is 5.97 Å². The molecule has 98 valence electrons. The van der Waals surface area contributed by atoms with Gasteiger partial charge in [-0.1, -0.05) is 6.92 Å². The normalized spacial score (nSPS) is 20.6. The molecular formula is C11H15N3O4. The Morgan fingerprint density at radius 3 is 3.28 bits per heavy atom. The molecule has 1 unspecified atom stereocenters. The maximum absolute atomic E-state index is 11.7. The van der Waals surface area contributed by atoms with E-state index < -0.39 is 17.8 Å². The van der Waals surface area contributed by atoms with Gasteiger partial charge in [-0.3, -0.25) is 9.69 Å². The summed E-state index contributed by atoms with van der Waals surface area (Å²) in [7, 11) is 0. The number of morpholine rings is 1. The van der Waals surface area contributed by atoms with Crippen LogP contribution in [-0.2, 0) is 9.47 Å². The number of aromatic nitrogens is 2. The molecule has 0 bridgehead atoms. The van der Waals surface area contributed by atoms with Crippen LogP contribution in [0.1, 0.15) is 17.3 Å². The minimum atomic E-state index is -0.715. The van der Waals surface area contributed by atoms with E-state index in [1.807, 2.05) is 6.92 Å². The molecule has 1 fully saturated rings. The first-order valence-corrected chi connectivity index (χ1v) is 5.78. The Balaban J connectivity index is 1.99. The Morgan fingerprint density at radius 2 is 2.56 bits per heavy atom. The molecule has 1 aromatic rings. The third-order valence-corrected chi connectivity index (χ3v) is 2.74. The van der Waals surface area contributed by atoms with E-state index in [0.717, 1.165) is 13.1 Å². The summed E-state index contributed by atoms with van der Waals surface area (Å²) in [5.41, 5.74) is -0.632. The van der Waals surface area contributed by atoms with E-state index in [-0.39, 0.29) is 5.56 Å². The quantitative estimate of drug-likeness (QED) is 0.738. The zero-order valence-electron chi connectivity index (χ0n) is 10.1. The minimum absolute atomic E-state index is 0.116. The first kappa shape index (κ1) is 12.7. The van der Waals surface area contributed by atoms with Gasteiger partial charge in [0.05, 0.1) is 19.5 Å². The lowest BCUT2D eigenvalue weighted by Crippen LogP contribution is -2.44. The second-order valence-electron chi connectivity index (χ2n) is 3.89. The lowest BCUT2D eigenvalue weighted by Gasteiger charge is -2.31. The van der Waals surface area contributed by atoms with Crippen LogP contribution in [0.5, 0.6) is 0 Å². The van der Waals surface area contributed by atoms with Crippen LogP contribution in [0.2, 0.25) is 0 Å². The van der Waals surface area contributed by atoms with E-state index in [4.69, 9.17) is 9.47 Å². The summed E-state index contributed by atoms with van der Waals surface area (Å²) >= 11 is 0. The van der Waals surface area contributed by atoms with Crippen LogP contribution in [0.25, 0.3) is 0 Å². The molecule has 0 saturated carbocycles. The SMILES string of the molecule is CCN1CCOC(OC(=O)c2cnc[nH]c2=O)C1. The van der Waals surface area contributed by atoms with Crippen LogP contribution in [0, 0.1) is 0 Å². The number of rotatable bonds is 3. The number of nitrogens with zero attached hydrogens (tertiary/aromatic N) is 2. The van der Waals surface area contributed by atoms with E-state index >= 15 is 0 Å². The number of ether oxygens (including phenoxy) is 2. The molecule has 1 N–H and O–H groups in total. The largest absolute Gasteiger partial charge is 0.431 e. The molecule has 0 aliphatic carbocycles. The predicted octanol–water partition coefficient (Wildman–Crippen LogP) is -0.395. The van der Waals surface area contributed by atoms with Crippen molar-refractivity contribution in [2.45, 2.75) is 13.2 Å². The summed E-state index contributed by atoms with van der Waals surface area (Å²) in [6, 6.07) is 0. The van der Waals surface area contributed by atoms with Gasteiger partial charge in [0.15, 0.2) is 0 Å². The van der Waals surface area contributed by atoms with Gasteiger partial charge in [-0.15, -0.1) is 0 Å². The fourth-order valence-electron chi connectivity index (χ4n) is 1.70. The van der Waals surface area contributed by atoms with E-state index in [9.17, 15) is 9.59 Å². The molecule has 0 amide bonds. The second-order valence-corrected chi connectivity index (χ2v) is 3.89. The number of carbonyl (C=O) groups excluding carboxylic acids is 1. The molecule has 1 aromatic heterocycles. The fourth-order valence-corrected chi connectivity index (χ4v) is 1.70. The first-order chi connectivity index (χ1) is 8.70. The molecular weight excluding hydrogens is 238 g/mol. The Morgan fingerprint density at radius 1 is 1.72 bits per heavy atom. The first-order valence-electron chi connectivity index (χ1n) is 5.78. The molecule has 1 aliphatic heterocycles. The van der Waals surface area contributed by atoms with Crippen molar-refractivity contribution in [3.63, 3.8) is 0 Å². The summed E-state index contributed by atoms with van der Waals surface area (Å²) in [6.07, 6.45) is 1.77. The third-order valence-electron chi connectivity index (χ3n) is 2.74. The average molecular weight is 253 g/mol. The van der Waals surface area contributed by atoms with Gasteiger partial charge in [-0.25, -0.2) is 9.78 Å². The van der Waals surface area contributed by atoms with E-state index in [1.165, 1.54) is 12.5 Å². The van der Waals surface area contributed by atoms with E-state index in [0.29, 0.717) is 13.2 Å². The number of H-pyrrole nitrogens is 1. The highest BCUT2D eigenvalue weighted by Crippen LogP contribution is 2.07. The Kier molecular flexibility index (Phi) is 4.06. The van der Waals surface area contributed by atoms with Gasteiger partial charge in [0.1, 0.15) is 5.56 Å². The summed E-state index contributed by atoms with van der Waals surface area (Å²) in [4.78, 5) is 31.2. The van der Waals surface area contributed by atoms with Crippen molar-refractivity contribution in [1.29, 1.82) is 0 Å². The molecule has 0 aromatic carbocycles. The molecule has 2 rings (SSSR count). The number of hydrogen-bond acceptors (Lipinski definition) is 6. The third kappa shape index (κ3) is 2.93. The fraction of sp³-hybridized carbons (Fsp3) is 0.545. The van der Waals surface area contributed by atoms with Gasteiger partial charge in [-0.2, -0.15) is 0 Å². The van der Waals surface area contributed by atoms with Crippen molar-refractivity contribution in [1.82, 2.24) is 14.9 Å². The molecule has 2 heterocycles. The lowest BCUT2D eigenvalue weighted by atomic mass is 10.3. The van der Waals surface area contributed by atoms with E-state index in [1.54, 1.807) is 0 Å². The van der Waals surface area contributed by atoms with Crippen LogP contribution in [0.3, 0.4) is 0 Å². The highest BCUT2D eigenvalue weighted by Gasteiger charge is 2.24. The van der Waals surface area contributed by atoms with Crippen LogP contribution in [0.15, 0.2) is 17.3 Å². The Hall–Kier alpha value is -1.73.